The summed E-state index contributed by atoms with van der Waals surface area (Å²) in [5, 5.41) is 0.00917. The van der Waals surface area contributed by atoms with Crippen molar-refractivity contribution in [2.24, 2.45) is 0 Å². The molecule has 0 saturated carbocycles. The van der Waals surface area contributed by atoms with Crippen LogP contribution >= 0.6 is 11.6 Å². The summed E-state index contributed by atoms with van der Waals surface area (Å²) in [6.07, 6.45) is -1.13. The van der Waals surface area contributed by atoms with E-state index in [9.17, 15) is 17.6 Å². The van der Waals surface area contributed by atoms with Crippen molar-refractivity contribution in [1.82, 2.24) is 10.3 Å². The first-order valence-corrected chi connectivity index (χ1v) is 8.65. The van der Waals surface area contributed by atoms with Gasteiger partial charge in [0.25, 0.3) is 15.9 Å². The Kier molecular flexibility index (Phi) is 5.76. The number of rotatable bonds is 6. The van der Waals surface area contributed by atoms with Crippen LogP contribution in [0.4, 0.5) is 4.39 Å². The second-order valence-electron chi connectivity index (χ2n) is 4.72. The highest BCUT2D eigenvalue weighted by atomic mass is 35.5. The lowest BCUT2D eigenvalue weighted by atomic mass is 10.3. The number of hydrogen-bond donors (Lipinski definition) is 2. The van der Waals surface area contributed by atoms with Crippen molar-refractivity contribution >= 4 is 27.5 Å². The molecule has 0 heterocycles. The molecule has 1 amide bonds. The van der Waals surface area contributed by atoms with Gasteiger partial charge in [0.1, 0.15) is 4.90 Å². The average molecular weight is 373 g/mol. The third-order valence-electron chi connectivity index (χ3n) is 2.94. The van der Waals surface area contributed by atoms with E-state index in [0.717, 1.165) is 0 Å². The molecule has 2 aromatic carbocycles. The van der Waals surface area contributed by atoms with Crippen molar-refractivity contribution in [1.29, 1.82) is 0 Å². The Balaban J connectivity index is 2.00. The quantitative estimate of drug-likeness (QED) is 0.762. The Morgan fingerprint density at radius 2 is 1.79 bits per heavy atom. The zero-order valence-electron chi connectivity index (χ0n) is 12.5. The van der Waals surface area contributed by atoms with Gasteiger partial charge in [-0.1, -0.05) is 35.9 Å². The van der Waals surface area contributed by atoms with Gasteiger partial charge >= 0.3 is 0 Å². The summed E-state index contributed by atoms with van der Waals surface area (Å²) in [7, 11) is -4.04. The molecule has 0 aromatic heterocycles. The Hall–Kier alpha value is -2.16. The molecule has 0 radical (unpaired) electrons. The molecule has 2 rings (SSSR count). The van der Waals surface area contributed by atoms with E-state index >= 15 is 0 Å². The number of nitrogens with one attached hydrogen (secondary N) is 2. The van der Waals surface area contributed by atoms with E-state index in [0.29, 0.717) is 0 Å². The molecule has 2 N–H and O–H groups in total. The summed E-state index contributed by atoms with van der Waals surface area (Å²) < 4.78 is 42.8. The SMILES string of the molecule is C[C@@H](Oc1ccccc1F)C(=O)NNS(=O)(=O)c1ccccc1Cl. The number of halogens is 2. The summed E-state index contributed by atoms with van der Waals surface area (Å²) >= 11 is 5.81. The van der Waals surface area contributed by atoms with Crippen LogP contribution in [-0.4, -0.2) is 20.4 Å². The molecule has 0 unspecified atom stereocenters. The van der Waals surface area contributed by atoms with Gasteiger partial charge in [0, 0.05) is 0 Å². The second kappa shape index (κ2) is 7.61. The maximum absolute atomic E-state index is 13.5. The summed E-state index contributed by atoms with van der Waals surface area (Å²) in [6, 6.07) is 11.3. The number of benzene rings is 2. The third kappa shape index (κ3) is 4.44. The second-order valence-corrected chi connectivity index (χ2v) is 6.77. The highest BCUT2D eigenvalue weighted by molar-refractivity contribution is 7.89. The highest BCUT2D eigenvalue weighted by Crippen LogP contribution is 2.20. The predicted molar refractivity (Wildman–Crippen MR) is 86.4 cm³/mol. The van der Waals surface area contributed by atoms with Crippen LogP contribution in [0.15, 0.2) is 53.4 Å². The molecular formula is C15H14ClFN2O4S. The van der Waals surface area contributed by atoms with Crippen LogP contribution in [0.25, 0.3) is 0 Å². The van der Waals surface area contributed by atoms with Gasteiger partial charge in [-0.15, -0.1) is 4.83 Å². The molecule has 128 valence electrons. The number of hydrogen-bond acceptors (Lipinski definition) is 4. The van der Waals surface area contributed by atoms with Gasteiger partial charge in [0.05, 0.1) is 5.02 Å². The minimum absolute atomic E-state index is 0.00917. The predicted octanol–water partition coefficient (Wildman–Crippen LogP) is 2.26. The Bertz CT molecular complexity index is 845. The summed E-state index contributed by atoms with van der Waals surface area (Å²) in [6.45, 7) is 1.35. The molecular weight excluding hydrogens is 359 g/mol. The van der Waals surface area contributed by atoms with E-state index < -0.39 is 27.9 Å². The summed E-state index contributed by atoms with van der Waals surface area (Å²) in [5.41, 5.74) is 2.01. The fraction of sp³-hybridized carbons (Fsp3) is 0.133. The standard InChI is InChI=1S/C15H14ClFN2O4S/c1-10(23-13-8-4-3-7-12(13)17)15(20)18-19-24(21,22)14-9-5-2-6-11(14)16/h2-10,19H,1H3,(H,18,20)/t10-/m1/s1. The molecule has 1 atom stereocenters. The normalized spacial score (nSPS) is 12.5. The number of hydrazine groups is 1. The maximum atomic E-state index is 13.5. The van der Waals surface area contributed by atoms with Gasteiger partial charge < -0.3 is 4.74 Å². The zero-order valence-corrected chi connectivity index (χ0v) is 14.1. The fourth-order valence-corrected chi connectivity index (χ4v) is 3.09. The zero-order chi connectivity index (χ0) is 17.7. The Labute approximate surface area is 143 Å². The van der Waals surface area contributed by atoms with Crippen molar-refractivity contribution in [3.63, 3.8) is 0 Å². The van der Waals surface area contributed by atoms with Gasteiger partial charge in [0.2, 0.25) is 0 Å². The number of ether oxygens (including phenoxy) is 1. The van der Waals surface area contributed by atoms with Crippen LogP contribution in [0.5, 0.6) is 5.75 Å². The largest absolute Gasteiger partial charge is 0.478 e. The van der Waals surface area contributed by atoms with Crippen molar-refractivity contribution in [2.45, 2.75) is 17.9 Å². The van der Waals surface area contributed by atoms with Crippen LogP contribution < -0.4 is 15.0 Å². The third-order valence-corrected chi connectivity index (χ3v) is 4.69. The lowest BCUT2D eigenvalue weighted by molar-refractivity contribution is -0.127. The minimum Gasteiger partial charge on any atom is -0.478 e. The molecule has 0 aliphatic carbocycles. The average Bonchev–Trinajstić information content (AvgIpc) is 2.55. The van der Waals surface area contributed by atoms with Gasteiger partial charge in [0.15, 0.2) is 17.7 Å². The van der Waals surface area contributed by atoms with Crippen molar-refractivity contribution in [3.8, 4) is 5.75 Å². The van der Waals surface area contributed by atoms with Crippen LogP contribution in [0.1, 0.15) is 6.92 Å². The molecule has 9 heteroatoms. The van der Waals surface area contributed by atoms with E-state index in [-0.39, 0.29) is 15.7 Å². The maximum Gasteiger partial charge on any atom is 0.275 e. The molecule has 0 aliphatic rings. The van der Waals surface area contributed by atoms with Gasteiger partial charge in [-0.25, -0.2) is 12.8 Å². The molecule has 0 spiro atoms. The monoisotopic (exact) mass is 372 g/mol. The van der Waals surface area contributed by atoms with E-state index in [1.807, 2.05) is 10.3 Å². The Morgan fingerprint density at radius 3 is 2.46 bits per heavy atom. The summed E-state index contributed by atoms with van der Waals surface area (Å²) in [4.78, 5) is 13.6. The Morgan fingerprint density at radius 1 is 1.17 bits per heavy atom. The summed E-state index contributed by atoms with van der Waals surface area (Å²) in [5.74, 6) is -1.54. The number of carbonyl (C=O) groups is 1. The topological polar surface area (TPSA) is 84.5 Å². The molecule has 24 heavy (non-hydrogen) atoms. The first-order valence-electron chi connectivity index (χ1n) is 6.78. The molecule has 0 bridgehead atoms. The molecule has 6 nitrogen and oxygen atoms in total. The van der Waals surface area contributed by atoms with E-state index in [4.69, 9.17) is 16.3 Å². The molecule has 0 saturated heterocycles. The number of carbonyl (C=O) groups excluding carboxylic acids is 1. The van der Waals surface area contributed by atoms with Crippen LogP contribution in [0.2, 0.25) is 5.02 Å². The first kappa shape index (κ1) is 18.2. The van der Waals surface area contributed by atoms with E-state index in [1.54, 1.807) is 12.1 Å². The number of sulfonamides is 1. The van der Waals surface area contributed by atoms with Crippen molar-refractivity contribution in [3.05, 3.63) is 59.4 Å². The number of amides is 1. The minimum atomic E-state index is -4.04. The van der Waals surface area contributed by atoms with Gasteiger partial charge in [-0.2, -0.15) is 0 Å². The lowest BCUT2D eigenvalue weighted by Gasteiger charge is -2.15. The molecule has 0 fully saturated rings. The fourth-order valence-electron chi connectivity index (χ4n) is 1.72. The van der Waals surface area contributed by atoms with Crippen molar-refractivity contribution in [2.75, 3.05) is 0 Å². The first-order chi connectivity index (χ1) is 11.3. The van der Waals surface area contributed by atoms with Gasteiger partial charge in [-0.05, 0) is 31.2 Å². The smallest absolute Gasteiger partial charge is 0.275 e. The van der Waals surface area contributed by atoms with Gasteiger partial charge in [-0.3, -0.25) is 10.2 Å². The molecule has 0 aliphatic heterocycles. The van der Waals surface area contributed by atoms with Crippen molar-refractivity contribution < 1.29 is 22.3 Å². The van der Waals surface area contributed by atoms with E-state index in [1.165, 1.54) is 43.3 Å². The van der Waals surface area contributed by atoms with Crippen LogP contribution in [0.3, 0.4) is 0 Å². The molecule has 2 aromatic rings. The lowest BCUT2D eigenvalue weighted by Crippen LogP contribution is -2.47. The number of para-hydroxylation sites is 1. The van der Waals surface area contributed by atoms with Crippen LogP contribution in [0, 0.1) is 5.82 Å². The van der Waals surface area contributed by atoms with Crippen LogP contribution in [-0.2, 0) is 14.8 Å². The highest BCUT2D eigenvalue weighted by Gasteiger charge is 2.21. The van der Waals surface area contributed by atoms with E-state index in [2.05, 4.69) is 0 Å².